The summed E-state index contributed by atoms with van der Waals surface area (Å²) < 4.78 is 5.44. The molecule has 0 unspecified atom stereocenters. The van der Waals surface area contributed by atoms with Crippen LogP contribution >= 0.6 is 0 Å². The van der Waals surface area contributed by atoms with E-state index in [2.05, 4.69) is 0 Å². The number of ether oxygens (including phenoxy) is 1. The molecular weight excluding hydrogens is 224 g/mol. The van der Waals surface area contributed by atoms with Crippen LogP contribution in [0, 0.1) is 6.92 Å². The first-order valence-electron chi connectivity index (χ1n) is 6.11. The summed E-state index contributed by atoms with van der Waals surface area (Å²) in [6.45, 7) is 2.73. The Labute approximate surface area is 106 Å². The Balaban J connectivity index is 1.95. The number of hydrogen-bond donors (Lipinski definition) is 0. The number of benzene rings is 2. The van der Waals surface area contributed by atoms with E-state index in [4.69, 9.17) is 4.74 Å². The predicted octanol–water partition coefficient (Wildman–Crippen LogP) is 3.16. The molecule has 1 aliphatic heterocycles. The number of rotatable bonds is 2. The second kappa shape index (κ2) is 4.30. The van der Waals surface area contributed by atoms with Gasteiger partial charge in [0.25, 0.3) is 0 Å². The second-order valence-corrected chi connectivity index (χ2v) is 4.62. The van der Waals surface area contributed by atoms with Gasteiger partial charge in [0.2, 0.25) is 0 Å². The lowest BCUT2D eigenvalue weighted by molar-refractivity contribution is 0.103. The topological polar surface area (TPSA) is 26.3 Å². The molecular formula is C16H14O2. The molecule has 2 aromatic carbocycles. The highest BCUT2D eigenvalue weighted by molar-refractivity contribution is 6.09. The summed E-state index contributed by atoms with van der Waals surface area (Å²) in [6.07, 6.45) is 0.893. The van der Waals surface area contributed by atoms with Gasteiger partial charge < -0.3 is 4.74 Å². The summed E-state index contributed by atoms with van der Waals surface area (Å²) in [5.41, 5.74) is 3.77. The van der Waals surface area contributed by atoms with Gasteiger partial charge in [0.05, 0.1) is 6.61 Å². The summed E-state index contributed by atoms with van der Waals surface area (Å²) in [4.78, 5) is 12.3. The molecule has 0 aliphatic carbocycles. The van der Waals surface area contributed by atoms with E-state index in [-0.39, 0.29) is 5.78 Å². The Bertz CT molecular complexity index is 597. The molecule has 0 atom stereocenters. The van der Waals surface area contributed by atoms with Gasteiger partial charge in [-0.25, -0.2) is 0 Å². The molecule has 1 aliphatic rings. The van der Waals surface area contributed by atoms with Crippen molar-refractivity contribution in [3.63, 3.8) is 0 Å². The number of aryl methyl sites for hydroxylation is 1. The Hall–Kier alpha value is -2.09. The Morgan fingerprint density at radius 3 is 2.56 bits per heavy atom. The summed E-state index contributed by atoms with van der Waals surface area (Å²) in [5, 5.41) is 0. The lowest BCUT2D eigenvalue weighted by atomic mass is 10.00. The molecule has 0 spiro atoms. The molecule has 3 rings (SSSR count). The smallest absolute Gasteiger partial charge is 0.193 e. The third kappa shape index (κ3) is 1.90. The minimum absolute atomic E-state index is 0.0738. The van der Waals surface area contributed by atoms with Gasteiger partial charge in [-0.05, 0) is 30.7 Å². The lowest BCUT2D eigenvalue weighted by Gasteiger charge is -2.04. The molecule has 0 amide bonds. The average Bonchev–Trinajstić information content (AvgIpc) is 2.86. The van der Waals surface area contributed by atoms with Crippen LogP contribution < -0.4 is 4.74 Å². The van der Waals surface area contributed by atoms with Crippen molar-refractivity contribution in [2.24, 2.45) is 0 Å². The minimum Gasteiger partial charge on any atom is -0.493 e. The molecule has 0 N–H and O–H groups in total. The van der Waals surface area contributed by atoms with Gasteiger partial charge in [-0.15, -0.1) is 0 Å². The van der Waals surface area contributed by atoms with Crippen molar-refractivity contribution in [1.29, 1.82) is 0 Å². The van der Waals surface area contributed by atoms with E-state index in [0.717, 1.165) is 41.0 Å². The summed E-state index contributed by atoms with van der Waals surface area (Å²) in [6, 6.07) is 13.4. The molecule has 0 fully saturated rings. The van der Waals surface area contributed by atoms with E-state index >= 15 is 0 Å². The predicted molar refractivity (Wildman–Crippen MR) is 70.3 cm³/mol. The van der Waals surface area contributed by atoms with Gasteiger partial charge in [0, 0.05) is 17.5 Å². The zero-order valence-corrected chi connectivity index (χ0v) is 10.3. The van der Waals surface area contributed by atoms with Crippen LogP contribution in [0.25, 0.3) is 0 Å². The standard InChI is InChI=1S/C16H14O2/c1-11-2-4-12(5-3-11)16(17)14-6-7-15-13(10-14)8-9-18-15/h2-7,10H,8-9H2,1H3. The third-order valence-corrected chi connectivity index (χ3v) is 3.27. The number of ketones is 1. The van der Waals surface area contributed by atoms with Gasteiger partial charge in [-0.3, -0.25) is 4.79 Å². The number of carbonyl (C=O) groups excluding carboxylic acids is 1. The van der Waals surface area contributed by atoms with Gasteiger partial charge in [-0.1, -0.05) is 29.8 Å². The first-order chi connectivity index (χ1) is 8.74. The van der Waals surface area contributed by atoms with Crippen molar-refractivity contribution in [2.75, 3.05) is 6.61 Å². The number of fused-ring (bicyclic) bond motifs is 1. The normalized spacial score (nSPS) is 12.9. The van der Waals surface area contributed by atoms with Crippen LogP contribution in [0.4, 0.5) is 0 Å². The molecule has 2 heteroatoms. The summed E-state index contributed by atoms with van der Waals surface area (Å²) >= 11 is 0. The highest BCUT2D eigenvalue weighted by Gasteiger charge is 2.15. The van der Waals surface area contributed by atoms with Crippen molar-refractivity contribution in [2.45, 2.75) is 13.3 Å². The van der Waals surface area contributed by atoms with E-state index in [1.807, 2.05) is 49.4 Å². The molecule has 0 aromatic heterocycles. The van der Waals surface area contributed by atoms with Gasteiger partial charge >= 0.3 is 0 Å². The molecule has 0 saturated carbocycles. The van der Waals surface area contributed by atoms with E-state index in [0.29, 0.717) is 0 Å². The van der Waals surface area contributed by atoms with Crippen LogP contribution in [0.5, 0.6) is 5.75 Å². The van der Waals surface area contributed by atoms with Crippen LogP contribution in [0.2, 0.25) is 0 Å². The van der Waals surface area contributed by atoms with Crippen molar-refractivity contribution in [3.8, 4) is 5.75 Å². The minimum atomic E-state index is 0.0738. The fourth-order valence-corrected chi connectivity index (χ4v) is 2.20. The fourth-order valence-electron chi connectivity index (χ4n) is 2.20. The van der Waals surface area contributed by atoms with Crippen LogP contribution in [0.15, 0.2) is 42.5 Å². The highest BCUT2D eigenvalue weighted by Crippen LogP contribution is 2.26. The Morgan fingerprint density at radius 2 is 1.78 bits per heavy atom. The zero-order valence-electron chi connectivity index (χ0n) is 10.3. The molecule has 2 aromatic rings. The van der Waals surface area contributed by atoms with Crippen molar-refractivity contribution < 1.29 is 9.53 Å². The van der Waals surface area contributed by atoms with Crippen LogP contribution in [-0.2, 0) is 6.42 Å². The summed E-state index contributed by atoms with van der Waals surface area (Å²) in [7, 11) is 0. The van der Waals surface area contributed by atoms with Gasteiger partial charge in [-0.2, -0.15) is 0 Å². The van der Waals surface area contributed by atoms with Crippen LogP contribution in [0.3, 0.4) is 0 Å². The van der Waals surface area contributed by atoms with E-state index in [1.54, 1.807) is 0 Å². The molecule has 18 heavy (non-hydrogen) atoms. The van der Waals surface area contributed by atoms with Crippen molar-refractivity contribution >= 4 is 5.78 Å². The number of hydrogen-bond acceptors (Lipinski definition) is 2. The van der Waals surface area contributed by atoms with Gasteiger partial charge in [0.15, 0.2) is 5.78 Å². The third-order valence-electron chi connectivity index (χ3n) is 3.27. The maximum absolute atomic E-state index is 12.3. The Kier molecular flexibility index (Phi) is 2.63. The van der Waals surface area contributed by atoms with Crippen molar-refractivity contribution in [1.82, 2.24) is 0 Å². The van der Waals surface area contributed by atoms with Crippen LogP contribution in [0.1, 0.15) is 27.0 Å². The first kappa shape index (κ1) is 11.0. The van der Waals surface area contributed by atoms with Crippen LogP contribution in [-0.4, -0.2) is 12.4 Å². The first-order valence-corrected chi connectivity index (χ1v) is 6.11. The Morgan fingerprint density at radius 1 is 1.06 bits per heavy atom. The highest BCUT2D eigenvalue weighted by atomic mass is 16.5. The molecule has 0 bridgehead atoms. The molecule has 0 saturated heterocycles. The SMILES string of the molecule is Cc1ccc(C(=O)c2ccc3c(c2)CCO3)cc1. The average molecular weight is 238 g/mol. The molecule has 2 nitrogen and oxygen atoms in total. The molecule has 0 radical (unpaired) electrons. The maximum atomic E-state index is 12.3. The van der Waals surface area contributed by atoms with Crippen molar-refractivity contribution in [3.05, 3.63) is 64.7 Å². The zero-order chi connectivity index (χ0) is 12.5. The molecule has 90 valence electrons. The quantitative estimate of drug-likeness (QED) is 0.751. The maximum Gasteiger partial charge on any atom is 0.193 e. The lowest BCUT2D eigenvalue weighted by Crippen LogP contribution is -2.01. The second-order valence-electron chi connectivity index (χ2n) is 4.62. The van der Waals surface area contributed by atoms with E-state index in [1.165, 1.54) is 0 Å². The monoisotopic (exact) mass is 238 g/mol. The molecule has 1 heterocycles. The summed E-state index contributed by atoms with van der Waals surface area (Å²) in [5.74, 6) is 0.986. The fraction of sp³-hybridized carbons (Fsp3) is 0.188. The number of carbonyl (C=O) groups is 1. The van der Waals surface area contributed by atoms with Gasteiger partial charge in [0.1, 0.15) is 5.75 Å². The largest absolute Gasteiger partial charge is 0.493 e. The van der Waals surface area contributed by atoms with E-state index in [9.17, 15) is 4.79 Å². The van der Waals surface area contributed by atoms with E-state index < -0.39 is 0 Å².